The second-order valence-corrected chi connectivity index (χ2v) is 5.64. The maximum atomic E-state index is 11.9. The summed E-state index contributed by atoms with van der Waals surface area (Å²) >= 11 is 0. The fourth-order valence-electron chi connectivity index (χ4n) is 2.24. The van der Waals surface area contributed by atoms with Crippen LogP contribution in [0.25, 0.3) is 11.5 Å². The van der Waals surface area contributed by atoms with E-state index in [1.54, 1.807) is 18.6 Å². The van der Waals surface area contributed by atoms with Gasteiger partial charge in [0.05, 0.1) is 12.1 Å². The van der Waals surface area contributed by atoms with Crippen molar-refractivity contribution in [3.63, 3.8) is 0 Å². The normalized spacial score (nSPS) is 15.3. The predicted octanol–water partition coefficient (Wildman–Crippen LogP) is 1.50. The molecule has 0 bridgehead atoms. The third-order valence-electron chi connectivity index (χ3n) is 3.40. The largest absolute Gasteiger partial charge is 0.341 e. The number of rotatable bonds is 4. The number of nitrogens with zero attached hydrogens (tertiary/aromatic N) is 5. The average molecular weight is 287 g/mol. The molecule has 0 aromatic carbocycles. The Bertz CT molecular complexity index is 619. The first-order valence-corrected chi connectivity index (χ1v) is 7.01. The maximum Gasteiger partial charge on any atom is 0.233 e. The summed E-state index contributed by atoms with van der Waals surface area (Å²) in [6.45, 7) is 5.38. The maximum absolute atomic E-state index is 11.9. The molecule has 2 aromatic heterocycles. The highest BCUT2D eigenvalue weighted by atomic mass is 16.5. The molecule has 0 radical (unpaired) electrons. The number of hydrogen-bond acceptors (Lipinski definition) is 6. The summed E-state index contributed by atoms with van der Waals surface area (Å²) in [5.41, 5.74) is 0.583. The Morgan fingerprint density at radius 1 is 1.43 bits per heavy atom. The fraction of sp³-hybridized carbons (Fsp3) is 0.500. The molecule has 0 N–H and O–H groups in total. The quantitative estimate of drug-likeness (QED) is 0.847. The SMILES string of the molecule is CC(C)CC(=O)N1CC(c2nc(-c3cnccn3)no2)C1. The Balaban J connectivity index is 1.61. The van der Waals surface area contributed by atoms with Crippen LogP contribution >= 0.6 is 0 Å². The standard InChI is InChI=1S/C14H17N5O2/c1-9(2)5-12(20)19-7-10(8-19)14-17-13(18-21-14)11-6-15-3-4-16-11/h3-4,6,9-10H,5,7-8H2,1-2H3. The van der Waals surface area contributed by atoms with E-state index in [4.69, 9.17) is 4.52 Å². The van der Waals surface area contributed by atoms with Gasteiger partial charge in [0.15, 0.2) is 0 Å². The third-order valence-corrected chi connectivity index (χ3v) is 3.40. The van der Waals surface area contributed by atoms with E-state index in [9.17, 15) is 4.79 Å². The van der Waals surface area contributed by atoms with Gasteiger partial charge >= 0.3 is 0 Å². The highest BCUT2D eigenvalue weighted by Gasteiger charge is 2.35. The van der Waals surface area contributed by atoms with Gasteiger partial charge in [-0.15, -0.1) is 0 Å². The van der Waals surface area contributed by atoms with Gasteiger partial charge in [0.1, 0.15) is 5.69 Å². The molecule has 1 aliphatic rings. The molecule has 1 saturated heterocycles. The average Bonchev–Trinajstić information content (AvgIpc) is 2.86. The Morgan fingerprint density at radius 2 is 2.24 bits per heavy atom. The minimum absolute atomic E-state index is 0.124. The third kappa shape index (κ3) is 2.91. The van der Waals surface area contributed by atoms with Crippen molar-refractivity contribution in [1.29, 1.82) is 0 Å². The van der Waals surface area contributed by atoms with Gasteiger partial charge in [-0.25, -0.2) is 4.98 Å². The molecule has 0 atom stereocenters. The van der Waals surface area contributed by atoms with Gasteiger partial charge in [-0.1, -0.05) is 19.0 Å². The lowest BCUT2D eigenvalue weighted by Gasteiger charge is -2.37. The summed E-state index contributed by atoms with van der Waals surface area (Å²) in [6, 6.07) is 0. The first kappa shape index (κ1) is 13.7. The Kier molecular flexibility index (Phi) is 3.64. The second-order valence-electron chi connectivity index (χ2n) is 5.64. The summed E-state index contributed by atoms with van der Waals surface area (Å²) in [6.07, 6.45) is 5.35. The van der Waals surface area contributed by atoms with E-state index in [1.807, 2.05) is 18.7 Å². The monoisotopic (exact) mass is 287 g/mol. The summed E-state index contributed by atoms with van der Waals surface area (Å²) in [5, 5.41) is 3.92. The molecule has 7 nitrogen and oxygen atoms in total. The van der Waals surface area contributed by atoms with E-state index in [-0.39, 0.29) is 11.8 Å². The minimum Gasteiger partial charge on any atom is -0.341 e. The summed E-state index contributed by atoms with van der Waals surface area (Å²) in [5.74, 6) is 1.69. The smallest absolute Gasteiger partial charge is 0.233 e. The first-order chi connectivity index (χ1) is 10.1. The second kappa shape index (κ2) is 5.59. The van der Waals surface area contributed by atoms with Gasteiger partial charge < -0.3 is 9.42 Å². The number of carbonyl (C=O) groups is 1. The minimum atomic E-state index is 0.124. The van der Waals surface area contributed by atoms with Crippen molar-refractivity contribution in [2.45, 2.75) is 26.2 Å². The van der Waals surface area contributed by atoms with Crippen LogP contribution in [-0.4, -0.2) is 44.0 Å². The summed E-state index contributed by atoms with van der Waals surface area (Å²) < 4.78 is 5.27. The zero-order valence-electron chi connectivity index (χ0n) is 12.1. The number of carbonyl (C=O) groups excluding carboxylic acids is 1. The van der Waals surface area contributed by atoms with Gasteiger partial charge in [-0.3, -0.25) is 9.78 Å². The van der Waals surface area contributed by atoms with E-state index in [0.29, 0.717) is 42.8 Å². The highest BCUT2D eigenvalue weighted by Crippen LogP contribution is 2.28. The van der Waals surface area contributed by atoms with Crippen molar-refractivity contribution in [2.75, 3.05) is 13.1 Å². The van der Waals surface area contributed by atoms with E-state index in [1.165, 1.54) is 0 Å². The summed E-state index contributed by atoms with van der Waals surface area (Å²) in [4.78, 5) is 26.2. The van der Waals surface area contributed by atoms with Crippen molar-refractivity contribution in [2.24, 2.45) is 5.92 Å². The van der Waals surface area contributed by atoms with Crippen LogP contribution in [0.5, 0.6) is 0 Å². The number of hydrogen-bond donors (Lipinski definition) is 0. The molecule has 0 unspecified atom stereocenters. The molecule has 0 spiro atoms. The van der Waals surface area contributed by atoms with Crippen LogP contribution in [0.4, 0.5) is 0 Å². The molecular weight excluding hydrogens is 270 g/mol. The van der Waals surface area contributed by atoms with Gasteiger partial charge in [0.2, 0.25) is 17.6 Å². The van der Waals surface area contributed by atoms with E-state index in [2.05, 4.69) is 20.1 Å². The van der Waals surface area contributed by atoms with Gasteiger partial charge in [0, 0.05) is 31.9 Å². The van der Waals surface area contributed by atoms with Crippen molar-refractivity contribution < 1.29 is 9.32 Å². The molecule has 0 aliphatic carbocycles. The number of aromatic nitrogens is 4. The molecule has 0 saturated carbocycles. The van der Waals surface area contributed by atoms with Crippen LogP contribution < -0.4 is 0 Å². The molecular formula is C14H17N5O2. The lowest BCUT2D eigenvalue weighted by Crippen LogP contribution is -2.48. The van der Waals surface area contributed by atoms with Crippen LogP contribution in [0.3, 0.4) is 0 Å². The molecule has 110 valence electrons. The van der Waals surface area contributed by atoms with E-state index >= 15 is 0 Å². The lowest BCUT2D eigenvalue weighted by molar-refractivity contribution is -0.136. The molecule has 3 heterocycles. The molecule has 7 heteroatoms. The Morgan fingerprint density at radius 3 is 2.90 bits per heavy atom. The lowest BCUT2D eigenvalue weighted by atomic mass is 9.98. The van der Waals surface area contributed by atoms with Gasteiger partial charge in [-0.05, 0) is 5.92 Å². The van der Waals surface area contributed by atoms with Crippen molar-refractivity contribution >= 4 is 5.91 Å². The highest BCUT2D eigenvalue weighted by molar-refractivity contribution is 5.77. The topological polar surface area (TPSA) is 85.0 Å². The Hall–Kier alpha value is -2.31. The molecule has 1 amide bonds. The molecule has 2 aromatic rings. The van der Waals surface area contributed by atoms with Crippen LogP contribution in [0.2, 0.25) is 0 Å². The first-order valence-electron chi connectivity index (χ1n) is 7.01. The number of likely N-dealkylation sites (tertiary alicyclic amines) is 1. The van der Waals surface area contributed by atoms with Crippen LogP contribution in [0.1, 0.15) is 32.1 Å². The number of amides is 1. The van der Waals surface area contributed by atoms with Gasteiger partial charge in [0.25, 0.3) is 0 Å². The fourth-order valence-corrected chi connectivity index (χ4v) is 2.24. The molecule has 1 aliphatic heterocycles. The predicted molar refractivity (Wildman–Crippen MR) is 74.1 cm³/mol. The van der Waals surface area contributed by atoms with Crippen molar-refractivity contribution in [1.82, 2.24) is 25.0 Å². The van der Waals surface area contributed by atoms with Crippen LogP contribution in [-0.2, 0) is 4.79 Å². The van der Waals surface area contributed by atoms with Crippen LogP contribution in [0.15, 0.2) is 23.1 Å². The van der Waals surface area contributed by atoms with Crippen LogP contribution in [0, 0.1) is 5.92 Å². The van der Waals surface area contributed by atoms with E-state index < -0.39 is 0 Å². The Labute approximate surface area is 122 Å². The molecule has 1 fully saturated rings. The zero-order chi connectivity index (χ0) is 14.8. The van der Waals surface area contributed by atoms with Crippen molar-refractivity contribution in [3.8, 4) is 11.5 Å². The summed E-state index contributed by atoms with van der Waals surface area (Å²) in [7, 11) is 0. The van der Waals surface area contributed by atoms with Gasteiger partial charge in [-0.2, -0.15) is 4.98 Å². The zero-order valence-corrected chi connectivity index (χ0v) is 12.1. The van der Waals surface area contributed by atoms with Crippen molar-refractivity contribution in [3.05, 3.63) is 24.5 Å². The van der Waals surface area contributed by atoms with E-state index in [0.717, 1.165) is 0 Å². The molecule has 21 heavy (non-hydrogen) atoms. The molecule has 3 rings (SSSR count).